The minimum Gasteiger partial charge on any atom is -0.350 e. The van der Waals surface area contributed by atoms with E-state index in [0.29, 0.717) is 0 Å². The van der Waals surface area contributed by atoms with Crippen molar-refractivity contribution in [3.63, 3.8) is 0 Å². The van der Waals surface area contributed by atoms with E-state index in [1.54, 1.807) is 0 Å². The van der Waals surface area contributed by atoms with Crippen molar-refractivity contribution in [3.8, 4) is 0 Å². The highest BCUT2D eigenvalue weighted by atomic mass is 32.2. The van der Waals surface area contributed by atoms with Gasteiger partial charge in [0, 0.05) is 25.1 Å². The van der Waals surface area contributed by atoms with Crippen LogP contribution in [0.2, 0.25) is 0 Å². The number of nitro groups is 1. The number of anilines is 1. The number of nitro benzene ring substituents is 1. The molecule has 0 aromatic heterocycles. The van der Waals surface area contributed by atoms with E-state index in [2.05, 4.69) is 5.32 Å². The summed E-state index contributed by atoms with van der Waals surface area (Å²) >= 11 is 0. The Morgan fingerprint density at radius 2 is 1.86 bits per heavy atom. The summed E-state index contributed by atoms with van der Waals surface area (Å²) < 4.78 is 25.3. The van der Waals surface area contributed by atoms with Crippen LogP contribution in [0.4, 0.5) is 11.4 Å². The molecule has 0 radical (unpaired) electrons. The molecule has 2 rings (SSSR count). The average Bonchev–Trinajstić information content (AvgIpc) is 2.64. The fourth-order valence-electron chi connectivity index (χ4n) is 2.88. The predicted molar refractivity (Wildman–Crippen MR) is 112 cm³/mol. The summed E-state index contributed by atoms with van der Waals surface area (Å²) in [5.41, 5.74) is 2.13. The summed E-state index contributed by atoms with van der Waals surface area (Å²) in [4.78, 5) is 22.6. The van der Waals surface area contributed by atoms with Crippen molar-refractivity contribution in [1.82, 2.24) is 5.32 Å². The molecule has 9 heteroatoms. The van der Waals surface area contributed by atoms with E-state index in [0.717, 1.165) is 21.7 Å². The van der Waals surface area contributed by atoms with Gasteiger partial charge >= 0.3 is 0 Å². The first-order valence-electron chi connectivity index (χ1n) is 9.16. The van der Waals surface area contributed by atoms with E-state index in [-0.39, 0.29) is 42.7 Å². The summed E-state index contributed by atoms with van der Waals surface area (Å²) in [6.45, 7) is 3.92. The number of hydrogen-bond acceptors (Lipinski definition) is 5. The maximum absolute atomic E-state index is 12.2. The summed E-state index contributed by atoms with van der Waals surface area (Å²) in [5, 5.41) is 13.8. The van der Waals surface area contributed by atoms with E-state index < -0.39 is 14.9 Å². The van der Waals surface area contributed by atoms with Gasteiger partial charge in [0.15, 0.2) is 0 Å². The first kappa shape index (κ1) is 22.4. The van der Waals surface area contributed by atoms with E-state index in [1.165, 1.54) is 24.3 Å². The lowest BCUT2D eigenvalue weighted by Crippen LogP contribution is -2.32. The molecule has 0 spiro atoms. The smallest absolute Gasteiger partial charge is 0.271 e. The monoisotopic (exact) mass is 419 g/mol. The van der Waals surface area contributed by atoms with Gasteiger partial charge in [-0.15, -0.1) is 0 Å². The van der Waals surface area contributed by atoms with E-state index in [9.17, 15) is 23.3 Å². The Morgan fingerprint density at radius 3 is 2.45 bits per heavy atom. The Morgan fingerprint density at radius 1 is 1.21 bits per heavy atom. The van der Waals surface area contributed by atoms with Crippen molar-refractivity contribution in [1.29, 1.82) is 0 Å². The number of aryl methyl sites for hydroxylation is 1. The molecule has 156 valence electrons. The number of nitrogens with zero attached hydrogens (tertiary/aromatic N) is 2. The highest BCUT2D eigenvalue weighted by Gasteiger charge is 2.20. The number of hydrogen-bond donors (Lipinski definition) is 1. The van der Waals surface area contributed by atoms with Crippen LogP contribution in [0.25, 0.3) is 0 Å². The largest absolute Gasteiger partial charge is 0.350 e. The molecule has 0 heterocycles. The molecule has 1 atom stereocenters. The first-order valence-corrected chi connectivity index (χ1v) is 11.0. The van der Waals surface area contributed by atoms with Crippen LogP contribution in [0.5, 0.6) is 0 Å². The number of sulfonamides is 1. The third-order valence-electron chi connectivity index (χ3n) is 4.45. The molecular formula is C20H25N3O5S. The molecule has 29 heavy (non-hydrogen) atoms. The van der Waals surface area contributed by atoms with Crippen LogP contribution < -0.4 is 9.62 Å². The second-order valence-electron chi connectivity index (χ2n) is 6.92. The van der Waals surface area contributed by atoms with Crippen LogP contribution in [0.3, 0.4) is 0 Å². The molecule has 0 saturated heterocycles. The lowest BCUT2D eigenvalue weighted by Gasteiger charge is -2.22. The van der Waals surface area contributed by atoms with E-state index >= 15 is 0 Å². The van der Waals surface area contributed by atoms with Gasteiger partial charge in [-0.3, -0.25) is 19.2 Å². The van der Waals surface area contributed by atoms with Gasteiger partial charge in [-0.05, 0) is 31.9 Å². The highest BCUT2D eigenvalue weighted by Crippen LogP contribution is 2.23. The number of benzene rings is 2. The molecule has 0 bridgehead atoms. The van der Waals surface area contributed by atoms with Gasteiger partial charge in [0.25, 0.3) is 5.69 Å². The summed E-state index contributed by atoms with van der Waals surface area (Å²) in [6.07, 6.45) is 1.45. The lowest BCUT2D eigenvalue weighted by atomic mass is 10.1. The van der Waals surface area contributed by atoms with Crippen LogP contribution in [0, 0.1) is 17.0 Å². The number of carbonyl (C=O) groups is 1. The van der Waals surface area contributed by atoms with Crippen LogP contribution in [0.1, 0.15) is 36.9 Å². The second-order valence-corrected chi connectivity index (χ2v) is 8.82. The minimum absolute atomic E-state index is 0.0479. The number of non-ortho nitro benzene ring substituents is 1. The van der Waals surface area contributed by atoms with Crippen LogP contribution in [-0.4, -0.2) is 32.0 Å². The van der Waals surface area contributed by atoms with Crippen LogP contribution in [0.15, 0.2) is 48.5 Å². The summed E-state index contributed by atoms with van der Waals surface area (Å²) in [6, 6.07) is 13.1. The van der Waals surface area contributed by atoms with Crippen molar-refractivity contribution >= 4 is 27.3 Å². The van der Waals surface area contributed by atoms with Gasteiger partial charge in [-0.25, -0.2) is 8.42 Å². The average molecular weight is 420 g/mol. The van der Waals surface area contributed by atoms with E-state index in [4.69, 9.17) is 0 Å². The molecule has 0 fully saturated rings. The third kappa shape index (κ3) is 6.56. The van der Waals surface area contributed by atoms with Crippen molar-refractivity contribution in [2.75, 3.05) is 17.1 Å². The van der Waals surface area contributed by atoms with Gasteiger partial charge in [0.05, 0.1) is 22.9 Å². The molecule has 2 aromatic rings. The molecule has 0 unspecified atom stereocenters. The van der Waals surface area contributed by atoms with Gasteiger partial charge in [0.1, 0.15) is 0 Å². The van der Waals surface area contributed by atoms with Crippen LogP contribution in [-0.2, 0) is 14.8 Å². The number of amides is 1. The minimum atomic E-state index is -3.65. The van der Waals surface area contributed by atoms with Gasteiger partial charge < -0.3 is 5.32 Å². The normalized spacial score (nSPS) is 12.2. The van der Waals surface area contributed by atoms with Gasteiger partial charge in [-0.1, -0.05) is 35.9 Å². The second kappa shape index (κ2) is 9.51. The molecule has 2 aromatic carbocycles. The Labute approximate surface area is 170 Å². The molecule has 8 nitrogen and oxygen atoms in total. The Kier molecular flexibility index (Phi) is 7.33. The highest BCUT2D eigenvalue weighted by molar-refractivity contribution is 7.92. The van der Waals surface area contributed by atoms with Crippen molar-refractivity contribution in [2.45, 2.75) is 32.7 Å². The fraction of sp³-hybridized carbons (Fsp3) is 0.350. The van der Waals surface area contributed by atoms with E-state index in [1.807, 2.05) is 38.1 Å². The zero-order chi connectivity index (χ0) is 21.6. The molecule has 1 amide bonds. The fourth-order valence-corrected chi connectivity index (χ4v) is 3.84. The number of rotatable bonds is 9. The first-order chi connectivity index (χ1) is 13.6. The quantitative estimate of drug-likeness (QED) is 0.495. The van der Waals surface area contributed by atoms with Gasteiger partial charge in [0.2, 0.25) is 15.9 Å². The van der Waals surface area contributed by atoms with Crippen LogP contribution >= 0.6 is 0 Å². The lowest BCUT2D eigenvalue weighted by molar-refractivity contribution is -0.384. The summed E-state index contributed by atoms with van der Waals surface area (Å²) in [5.74, 6) is -0.189. The Hall–Kier alpha value is -2.94. The standard InChI is InChI=1S/C20H25N3O5S/c1-15-9-11-17(12-10-15)16(2)21-20(24)8-5-13-22(29(3,27)28)18-6-4-7-19(14-18)23(25)26/h4,6-7,9-12,14,16H,5,8,13H2,1-3H3,(H,21,24)/t16-/m0/s1. The SMILES string of the molecule is Cc1ccc([C@H](C)NC(=O)CCCN(c2cccc([N+](=O)[O-])c2)S(C)(=O)=O)cc1. The zero-order valence-electron chi connectivity index (χ0n) is 16.7. The predicted octanol–water partition coefficient (Wildman–Crippen LogP) is 3.33. The zero-order valence-corrected chi connectivity index (χ0v) is 17.5. The maximum Gasteiger partial charge on any atom is 0.271 e. The molecular weight excluding hydrogens is 394 g/mol. The maximum atomic E-state index is 12.2. The number of nitrogens with one attached hydrogen (secondary N) is 1. The molecule has 0 aliphatic heterocycles. The molecule has 0 saturated carbocycles. The molecule has 0 aliphatic carbocycles. The van der Waals surface area contributed by atoms with Gasteiger partial charge in [-0.2, -0.15) is 0 Å². The Bertz CT molecular complexity index is 974. The molecule has 1 N–H and O–H groups in total. The Balaban J connectivity index is 1.98. The molecule has 0 aliphatic rings. The topological polar surface area (TPSA) is 110 Å². The number of carbonyl (C=O) groups excluding carboxylic acids is 1. The summed E-state index contributed by atoms with van der Waals surface area (Å²) in [7, 11) is -3.65. The van der Waals surface area contributed by atoms with Crippen molar-refractivity contribution in [2.24, 2.45) is 0 Å². The third-order valence-corrected chi connectivity index (χ3v) is 5.64. The van der Waals surface area contributed by atoms with Crippen molar-refractivity contribution < 1.29 is 18.1 Å². The van der Waals surface area contributed by atoms with Crippen molar-refractivity contribution in [3.05, 3.63) is 69.8 Å².